The van der Waals surface area contributed by atoms with Gasteiger partial charge in [-0.05, 0) is 18.4 Å². The van der Waals surface area contributed by atoms with E-state index in [1.54, 1.807) is 0 Å². The fraction of sp³-hybridized carbons (Fsp3) is 0.700. The van der Waals surface area contributed by atoms with Gasteiger partial charge < -0.3 is 5.11 Å². The highest BCUT2D eigenvalue weighted by Gasteiger charge is 2.05. The van der Waals surface area contributed by atoms with Gasteiger partial charge in [-0.1, -0.05) is 26.8 Å². The molecular weight excluding hydrogens is 136 g/mol. The zero-order chi connectivity index (χ0) is 8.69. The molecule has 1 unspecified atom stereocenters. The van der Waals surface area contributed by atoms with Crippen molar-refractivity contribution in [1.29, 1.82) is 0 Å². The van der Waals surface area contributed by atoms with Crippen LogP contribution in [0.1, 0.15) is 33.1 Å². The van der Waals surface area contributed by atoms with Crippen molar-refractivity contribution in [3.05, 3.63) is 17.9 Å². The molecule has 1 N–H and O–H groups in total. The summed E-state index contributed by atoms with van der Waals surface area (Å²) < 4.78 is 0. The first-order valence-corrected chi connectivity index (χ1v) is 4.25. The van der Waals surface area contributed by atoms with Gasteiger partial charge in [0.25, 0.3) is 0 Å². The summed E-state index contributed by atoms with van der Waals surface area (Å²) in [6, 6.07) is 0. The molecule has 1 atom stereocenters. The van der Waals surface area contributed by atoms with Gasteiger partial charge >= 0.3 is 0 Å². The van der Waals surface area contributed by atoms with Crippen molar-refractivity contribution < 1.29 is 5.11 Å². The van der Waals surface area contributed by atoms with Crippen molar-refractivity contribution in [2.45, 2.75) is 33.1 Å². The summed E-state index contributed by atoms with van der Waals surface area (Å²) in [6.07, 6.45) is 3.38. The Morgan fingerprint density at radius 1 is 1.64 bits per heavy atom. The summed E-state index contributed by atoms with van der Waals surface area (Å²) in [6.45, 7) is 7.98. The summed E-state index contributed by atoms with van der Waals surface area (Å²) in [5.74, 6) is 0.235. The molecule has 1 heteroatoms. The minimum absolute atomic E-state index is 0.210. The van der Waals surface area contributed by atoms with Gasteiger partial charge in [-0.2, -0.15) is 0 Å². The summed E-state index contributed by atoms with van der Waals surface area (Å²) in [5, 5.41) is 8.85. The summed E-state index contributed by atoms with van der Waals surface area (Å²) in [4.78, 5) is 0. The molecule has 0 rings (SSSR count). The van der Waals surface area contributed by atoms with E-state index in [1.165, 1.54) is 12.8 Å². The first kappa shape index (κ1) is 10.5. The van der Waals surface area contributed by atoms with E-state index in [0.717, 1.165) is 12.0 Å². The second-order valence-electron chi connectivity index (χ2n) is 2.89. The van der Waals surface area contributed by atoms with E-state index >= 15 is 0 Å². The average Bonchev–Trinajstić information content (AvgIpc) is 2.05. The molecule has 0 heterocycles. The monoisotopic (exact) mass is 154 g/mol. The van der Waals surface area contributed by atoms with Crippen LogP contribution in [0.3, 0.4) is 0 Å². The van der Waals surface area contributed by atoms with Gasteiger partial charge in [-0.25, -0.2) is 0 Å². The fourth-order valence-electron chi connectivity index (χ4n) is 0.986. The highest BCUT2D eigenvalue weighted by molar-refractivity contribution is 5.02. The van der Waals surface area contributed by atoms with E-state index in [-0.39, 0.29) is 12.5 Å². The molecule has 0 amide bonds. The molecule has 0 aromatic carbocycles. The maximum absolute atomic E-state index is 8.85. The predicted molar refractivity (Wildman–Crippen MR) is 48.4 cm³/mol. The molecule has 0 aliphatic rings. The lowest BCUT2D eigenvalue weighted by molar-refractivity contribution is 0.253. The third-order valence-electron chi connectivity index (χ3n) is 1.90. The quantitative estimate of drug-likeness (QED) is 0.603. The van der Waals surface area contributed by atoms with Gasteiger partial charge in [-0.3, -0.25) is 0 Å². The Bertz CT molecular complexity index is 143. The number of aliphatic hydroxyl groups excluding tert-OH is 1. The number of hydrogen-bond acceptors (Lipinski definition) is 1. The molecule has 0 aromatic rings. The maximum Gasteiger partial charge on any atom is 0.0499 e. The fourth-order valence-corrected chi connectivity index (χ4v) is 0.986. The smallest absolute Gasteiger partial charge is 0.0499 e. The van der Waals surface area contributed by atoms with E-state index in [2.05, 4.69) is 19.2 Å². The lowest BCUT2D eigenvalue weighted by Crippen LogP contribution is -2.03. The van der Waals surface area contributed by atoms with Crippen molar-refractivity contribution in [3.63, 3.8) is 0 Å². The largest absolute Gasteiger partial charge is 0.396 e. The third-order valence-corrected chi connectivity index (χ3v) is 1.90. The molecular formula is C10H18O. The zero-order valence-electron chi connectivity index (χ0n) is 7.56. The Morgan fingerprint density at radius 3 is 2.64 bits per heavy atom. The first-order chi connectivity index (χ1) is 5.26. The van der Waals surface area contributed by atoms with Crippen LogP contribution in [0.15, 0.2) is 17.9 Å². The van der Waals surface area contributed by atoms with E-state index in [1.807, 2.05) is 6.92 Å². The van der Waals surface area contributed by atoms with Crippen LogP contribution in [0.4, 0.5) is 0 Å². The summed E-state index contributed by atoms with van der Waals surface area (Å²) >= 11 is 0. The molecule has 0 aliphatic carbocycles. The molecule has 0 radical (unpaired) electrons. The van der Waals surface area contributed by atoms with Crippen molar-refractivity contribution in [3.8, 4) is 0 Å². The lowest BCUT2D eigenvalue weighted by atomic mass is 9.98. The highest BCUT2D eigenvalue weighted by atomic mass is 16.3. The van der Waals surface area contributed by atoms with E-state index in [9.17, 15) is 0 Å². The highest BCUT2D eigenvalue weighted by Crippen LogP contribution is 2.15. The molecule has 0 saturated heterocycles. The van der Waals surface area contributed by atoms with Crippen LogP contribution in [-0.4, -0.2) is 11.7 Å². The molecule has 0 saturated carbocycles. The number of hydrogen-bond donors (Lipinski definition) is 1. The Labute approximate surface area is 69.4 Å². The Balaban J connectivity index is 3.87. The second kappa shape index (κ2) is 6.21. The second-order valence-corrected chi connectivity index (χ2v) is 2.89. The molecule has 0 fully saturated rings. The molecule has 0 aromatic heterocycles. The third kappa shape index (κ3) is 4.02. The number of unbranched alkanes of at least 4 members (excludes halogenated alkanes) is 1. The van der Waals surface area contributed by atoms with Crippen molar-refractivity contribution in [2.75, 3.05) is 6.61 Å². The van der Waals surface area contributed by atoms with Crippen LogP contribution in [0.25, 0.3) is 0 Å². The molecule has 1 nitrogen and oxygen atoms in total. The van der Waals surface area contributed by atoms with Crippen LogP contribution >= 0.6 is 0 Å². The maximum atomic E-state index is 8.85. The van der Waals surface area contributed by atoms with E-state index < -0.39 is 0 Å². The number of rotatable bonds is 5. The normalized spacial score (nSPS) is 12.3. The Kier molecular flexibility index (Phi) is 5.91. The SMILES string of the molecule is C=C=C(CCCC)C(C)CO. The molecule has 0 aliphatic heterocycles. The van der Waals surface area contributed by atoms with E-state index in [0.29, 0.717) is 0 Å². The minimum atomic E-state index is 0.210. The van der Waals surface area contributed by atoms with Crippen LogP contribution < -0.4 is 0 Å². The van der Waals surface area contributed by atoms with Gasteiger partial charge in [0, 0.05) is 12.5 Å². The van der Waals surface area contributed by atoms with Gasteiger partial charge in [0.05, 0.1) is 0 Å². The van der Waals surface area contributed by atoms with Crippen LogP contribution in [0.5, 0.6) is 0 Å². The molecule has 64 valence electrons. The topological polar surface area (TPSA) is 20.2 Å². The Morgan fingerprint density at radius 2 is 2.27 bits per heavy atom. The summed E-state index contributed by atoms with van der Waals surface area (Å²) in [5.41, 5.74) is 4.06. The number of aliphatic hydroxyl groups is 1. The molecule has 0 bridgehead atoms. The van der Waals surface area contributed by atoms with Crippen LogP contribution in [0.2, 0.25) is 0 Å². The predicted octanol–water partition coefficient (Wildman–Crippen LogP) is 2.52. The first-order valence-electron chi connectivity index (χ1n) is 4.25. The van der Waals surface area contributed by atoms with Gasteiger partial charge in [0.2, 0.25) is 0 Å². The zero-order valence-corrected chi connectivity index (χ0v) is 7.56. The molecule has 0 spiro atoms. The standard InChI is InChI=1S/C10H18O/c1-4-6-7-10(5-2)9(3)8-11/h9,11H,2,4,6-8H2,1,3H3. The van der Waals surface area contributed by atoms with Crippen molar-refractivity contribution >= 4 is 0 Å². The lowest BCUT2D eigenvalue weighted by Gasteiger charge is -2.09. The van der Waals surface area contributed by atoms with E-state index in [4.69, 9.17) is 5.11 Å². The van der Waals surface area contributed by atoms with Gasteiger partial charge in [0.15, 0.2) is 0 Å². The average molecular weight is 154 g/mol. The summed E-state index contributed by atoms with van der Waals surface area (Å²) in [7, 11) is 0. The Hall–Kier alpha value is -0.520. The van der Waals surface area contributed by atoms with Crippen molar-refractivity contribution in [2.24, 2.45) is 5.92 Å². The van der Waals surface area contributed by atoms with Crippen molar-refractivity contribution in [1.82, 2.24) is 0 Å². The van der Waals surface area contributed by atoms with Gasteiger partial charge in [0.1, 0.15) is 0 Å². The van der Waals surface area contributed by atoms with Crippen LogP contribution in [0, 0.1) is 5.92 Å². The minimum Gasteiger partial charge on any atom is -0.396 e. The molecule has 11 heavy (non-hydrogen) atoms. The van der Waals surface area contributed by atoms with Gasteiger partial charge in [-0.15, -0.1) is 5.73 Å². The van der Waals surface area contributed by atoms with Crippen LogP contribution in [-0.2, 0) is 0 Å².